The Hall–Kier alpha value is -1.97. The van der Waals surface area contributed by atoms with Crippen LogP contribution in [-0.4, -0.2) is 0 Å². The molecule has 0 bridgehead atoms. The predicted octanol–water partition coefficient (Wildman–Crippen LogP) is 3.93. The lowest BCUT2D eigenvalue weighted by Crippen LogP contribution is -2.26. The van der Waals surface area contributed by atoms with E-state index >= 15 is 0 Å². The fourth-order valence-electron chi connectivity index (χ4n) is 2.73. The summed E-state index contributed by atoms with van der Waals surface area (Å²) in [4.78, 5) is 0. The number of nitrogens with two attached hydrogens (primary N) is 2. The zero-order valence-corrected chi connectivity index (χ0v) is 14.5. The lowest BCUT2D eigenvalue weighted by Gasteiger charge is -2.22. The van der Waals surface area contributed by atoms with Gasteiger partial charge in [0.25, 0.3) is 0 Å². The van der Waals surface area contributed by atoms with Crippen LogP contribution in [0.4, 0.5) is 4.39 Å². The summed E-state index contributed by atoms with van der Waals surface area (Å²) in [5.74, 6) is 0.393. The number of aryl methyl sites for hydroxylation is 2. The summed E-state index contributed by atoms with van der Waals surface area (Å²) in [6, 6.07) is 3.09. The van der Waals surface area contributed by atoms with E-state index < -0.39 is 0 Å². The molecule has 1 unspecified atom stereocenters. The van der Waals surface area contributed by atoms with Crippen molar-refractivity contribution < 1.29 is 4.39 Å². The molecule has 1 atom stereocenters. The number of benzene rings is 1. The van der Waals surface area contributed by atoms with Crippen molar-refractivity contribution in [3.63, 3.8) is 0 Å². The van der Waals surface area contributed by atoms with Crippen LogP contribution in [0.25, 0.3) is 0 Å². The van der Waals surface area contributed by atoms with Crippen molar-refractivity contribution in [3.05, 3.63) is 57.3 Å². The van der Waals surface area contributed by atoms with Crippen molar-refractivity contribution in [2.24, 2.45) is 11.5 Å². The Bertz CT molecular complexity index is 592. The number of nitrogens with one attached hydrogen (secondary N) is 1. The van der Waals surface area contributed by atoms with Crippen LogP contribution in [0.3, 0.4) is 0 Å². The molecule has 0 aromatic heterocycles. The zero-order valence-electron chi connectivity index (χ0n) is 14.5. The topological polar surface area (TPSA) is 64.1 Å². The maximum absolute atomic E-state index is 13.4. The van der Waals surface area contributed by atoms with Crippen LogP contribution in [0.5, 0.6) is 0 Å². The van der Waals surface area contributed by atoms with E-state index in [4.69, 9.17) is 11.5 Å². The third kappa shape index (κ3) is 4.03. The molecule has 5 N–H and O–H groups in total. The average molecular weight is 305 g/mol. The lowest BCUT2D eigenvalue weighted by molar-refractivity contribution is 0.609. The third-order valence-corrected chi connectivity index (χ3v) is 4.19. The maximum Gasteiger partial charge on any atom is 0.123 e. The van der Waals surface area contributed by atoms with Gasteiger partial charge in [0.15, 0.2) is 0 Å². The molecule has 0 aliphatic carbocycles. The van der Waals surface area contributed by atoms with Crippen molar-refractivity contribution in [2.45, 2.75) is 54.0 Å². The molecular formula is C18H28FN3. The van der Waals surface area contributed by atoms with Gasteiger partial charge < -0.3 is 16.8 Å². The Morgan fingerprint density at radius 2 is 1.64 bits per heavy atom. The molecule has 1 rings (SSSR count). The fourth-order valence-corrected chi connectivity index (χ4v) is 2.73. The highest BCUT2D eigenvalue weighted by molar-refractivity contribution is 5.38. The molecule has 122 valence electrons. The SMILES string of the molecule is CC/C(N)=C(C)/C(C)=C(\N)NC(C)c1c(C)cc(F)cc1C. The summed E-state index contributed by atoms with van der Waals surface area (Å²) < 4.78 is 13.4. The van der Waals surface area contributed by atoms with E-state index in [0.717, 1.165) is 40.0 Å². The van der Waals surface area contributed by atoms with Crippen molar-refractivity contribution in [3.8, 4) is 0 Å². The van der Waals surface area contributed by atoms with Gasteiger partial charge in [-0.15, -0.1) is 0 Å². The number of halogens is 1. The molecule has 1 aromatic rings. The predicted molar refractivity (Wildman–Crippen MR) is 91.5 cm³/mol. The molecule has 0 aliphatic rings. The molecule has 0 fully saturated rings. The molecule has 0 radical (unpaired) electrons. The van der Waals surface area contributed by atoms with Gasteiger partial charge in [0, 0.05) is 5.70 Å². The van der Waals surface area contributed by atoms with Gasteiger partial charge in [0.1, 0.15) is 5.82 Å². The monoisotopic (exact) mass is 305 g/mol. The summed E-state index contributed by atoms with van der Waals surface area (Å²) >= 11 is 0. The average Bonchev–Trinajstić information content (AvgIpc) is 2.43. The highest BCUT2D eigenvalue weighted by Crippen LogP contribution is 2.24. The molecule has 0 spiro atoms. The first-order valence-corrected chi connectivity index (χ1v) is 7.64. The Morgan fingerprint density at radius 1 is 1.14 bits per heavy atom. The zero-order chi connectivity index (χ0) is 17.0. The Morgan fingerprint density at radius 3 is 2.09 bits per heavy atom. The number of rotatable bonds is 5. The summed E-state index contributed by atoms with van der Waals surface area (Å²) in [7, 11) is 0. The number of hydrogen-bond acceptors (Lipinski definition) is 3. The number of hydrogen-bond donors (Lipinski definition) is 3. The molecule has 4 heteroatoms. The first kappa shape index (κ1) is 18.1. The molecule has 22 heavy (non-hydrogen) atoms. The smallest absolute Gasteiger partial charge is 0.123 e. The normalized spacial score (nSPS) is 15.0. The van der Waals surface area contributed by atoms with Gasteiger partial charge in [-0.2, -0.15) is 0 Å². The van der Waals surface area contributed by atoms with Crippen LogP contribution in [0.15, 0.2) is 34.8 Å². The molecule has 0 saturated carbocycles. The van der Waals surface area contributed by atoms with Crippen molar-refractivity contribution >= 4 is 0 Å². The van der Waals surface area contributed by atoms with Crippen LogP contribution in [0.1, 0.15) is 56.8 Å². The highest BCUT2D eigenvalue weighted by atomic mass is 19.1. The highest BCUT2D eigenvalue weighted by Gasteiger charge is 2.14. The second-order valence-corrected chi connectivity index (χ2v) is 5.86. The molecule has 0 heterocycles. The van der Waals surface area contributed by atoms with Gasteiger partial charge in [-0.1, -0.05) is 6.92 Å². The Kier molecular flexibility index (Phi) is 6.03. The van der Waals surface area contributed by atoms with Crippen LogP contribution >= 0.6 is 0 Å². The van der Waals surface area contributed by atoms with Crippen LogP contribution in [-0.2, 0) is 0 Å². The lowest BCUT2D eigenvalue weighted by atomic mass is 9.96. The quantitative estimate of drug-likeness (QED) is 0.722. The van der Waals surface area contributed by atoms with E-state index in [-0.39, 0.29) is 11.9 Å². The van der Waals surface area contributed by atoms with Crippen molar-refractivity contribution in [1.29, 1.82) is 0 Å². The molecule has 0 saturated heterocycles. The summed E-state index contributed by atoms with van der Waals surface area (Å²) in [5, 5.41) is 3.30. The second kappa shape index (κ2) is 7.34. The standard InChI is InChI=1S/C18H28FN3/c1-7-16(20)12(4)13(5)18(21)22-14(6)17-10(2)8-15(19)9-11(17)3/h8-9,14,22H,7,20-21H2,1-6H3/b16-12-,18-13+. The van der Waals surface area contributed by atoms with E-state index in [2.05, 4.69) is 5.32 Å². The van der Waals surface area contributed by atoms with E-state index in [9.17, 15) is 4.39 Å². The molecule has 0 aliphatic heterocycles. The van der Waals surface area contributed by atoms with Gasteiger partial charge in [-0.05, 0) is 81.0 Å². The third-order valence-electron chi connectivity index (χ3n) is 4.19. The van der Waals surface area contributed by atoms with Gasteiger partial charge in [-0.25, -0.2) is 4.39 Å². The van der Waals surface area contributed by atoms with Crippen LogP contribution in [0, 0.1) is 19.7 Å². The van der Waals surface area contributed by atoms with Crippen molar-refractivity contribution in [1.82, 2.24) is 5.32 Å². The van der Waals surface area contributed by atoms with E-state index in [1.165, 1.54) is 0 Å². The molecule has 1 aromatic carbocycles. The summed E-state index contributed by atoms with van der Waals surface area (Å²) in [6.45, 7) is 11.8. The minimum Gasteiger partial charge on any atom is -0.402 e. The Balaban J connectivity index is 3.10. The largest absolute Gasteiger partial charge is 0.402 e. The second-order valence-electron chi connectivity index (χ2n) is 5.86. The first-order chi connectivity index (χ1) is 10.2. The van der Waals surface area contributed by atoms with E-state index in [1.807, 2.05) is 41.5 Å². The van der Waals surface area contributed by atoms with E-state index in [0.29, 0.717) is 5.82 Å². The minimum absolute atomic E-state index is 0.00815. The molecule has 0 amide bonds. The molecular weight excluding hydrogens is 277 g/mol. The van der Waals surface area contributed by atoms with Crippen molar-refractivity contribution in [2.75, 3.05) is 0 Å². The van der Waals surface area contributed by atoms with Gasteiger partial charge >= 0.3 is 0 Å². The summed E-state index contributed by atoms with van der Waals surface area (Å²) in [6.07, 6.45) is 0.794. The fraction of sp³-hybridized carbons (Fsp3) is 0.444. The van der Waals surface area contributed by atoms with Gasteiger partial charge in [0.05, 0.1) is 11.9 Å². The first-order valence-electron chi connectivity index (χ1n) is 7.64. The van der Waals surface area contributed by atoms with Gasteiger partial charge in [0.2, 0.25) is 0 Å². The van der Waals surface area contributed by atoms with E-state index in [1.54, 1.807) is 12.1 Å². The van der Waals surface area contributed by atoms with Crippen LogP contribution in [0.2, 0.25) is 0 Å². The number of allylic oxidation sites excluding steroid dienone is 3. The van der Waals surface area contributed by atoms with Crippen LogP contribution < -0.4 is 16.8 Å². The van der Waals surface area contributed by atoms with Gasteiger partial charge in [-0.3, -0.25) is 0 Å². The summed E-state index contributed by atoms with van der Waals surface area (Å²) in [5.41, 5.74) is 17.9. The maximum atomic E-state index is 13.4. The molecule has 3 nitrogen and oxygen atoms in total. The minimum atomic E-state index is -0.208. The Labute approximate surface area is 133 Å².